The van der Waals surface area contributed by atoms with Gasteiger partial charge in [-0.05, 0) is 47.0 Å². The first-order chi connectivity index (χ1) is 14.1. The van der Waals surface area contributed by atoms with Gasteiger partial charge >= 0.3 is 5.97 Å². The monoisotopic (exact) mass is 422 g/mol. The zero-order valence-electron chi connectivity index (χ0n) is 15.5. The average Bonchev–Trinajstić information content (AvgIpc) is 3.19. The van der Waals surface area contributed by atoms with Gasteiger partial charge in [-0.25, -0.2) is 9.18 Å². The number of methoxy groups -OCH3 is 1. The highest BCUT2D eigenvalue weighted by Gasteiger charge is 2.20. The molecule has 29 heavy (non-hydrogen) atoms. The standard InChI is InChI=1S/C24H16ClFO2S/c1-28-24(27)21-13-18(26)11-12-19(21)20-14-22(15-5-3-2-4-6-15)29-23(20)16-7-9-17(25)10-8-16/h2-14H,1H3. The van der Waals surface area contributed by atoms with E-state index in [1.54, 1.807) is 17.4 Å². The van der Waals surface area contributed by atoms with E-state index in [2.05, 4.69) is 0 Å². The quantitative estimate of drug-likeness (QED) is 0.322. The normalized spacial score (nSPS) is 10.7. The van der Waals surface area contributed by atoms with Crippen LogP contribution in [0.15, 0.2) is 78.9 Å². The SMILES string of the molecule is COC(=O)c1cc(F)ccc1-c1cc(-c2ccccc2)sc1-c1ccc(Cl)cc1. The summed E-state index contributed by atoms with van der Waals surface area (Å²) in [6.07, 6.45) is 0. The number of thiophene rings is 1. The third kappa shape index (κ3) is 3.95. The van der Waals surface area contributed by atoms with Crippen molar-refractivity contribution in [1.29, 1.82) is 0 Å². The van der Waals surface area contributed by atoms with E-state index in [4.69, 9.17) is 16.3 Å². The number of hydrogen-bond donors (Lipinski definition) is 0. The van der Waals surface area contributed by atoms with Crippen LogP contribution in [0.1, 0.15) is 10.4 Å². The summed E-state index contributed by atoms with van der Waals surface area (Å²) in [6.45, 7) is 0. The van der Waals surface area contributed by atoms with E-state index in [0.717, 1.165) is 26.4 Å². The minimum Gasteiger partial charge on any atom is -0.465 e. The first-order valence-electron chi connectivity index (χ1n) is 8.90. The van der Waals surface area contributed by atoms with Gasteiger partial charge in [0.2, 0.25) is 0 Å². The summed E-state index contributed by atoms with van der Waals surface area (Å²) in [7, 11) is 1.29. The molecule has 0 amide bonds. The van der Waals surface area contributed by atoms with Crippen LogP contribution in [0.5, 0.6) is 0 Å². The molecule has 0 aliphatic rings. The largest absolute Gasteiger partial charge is 0.465 e. The summed E-state index contributed by atoms with van der Waals surface area (Å²) in [4.78, 5) is 14.3. The molecule has 0 aliphatic heterocycles. The molecule has 0 N–H and O–H groups in total. The molecule has 0 saturated carbocycles. The smallest absolute Gasteiger partial charge is 0.338 e. The molecular weight excluding hydrogens is 407 g/mol. The van der Waals surface area contributed by atoms with Crippen LogP contribution in [0.25, 0.3) is 32.0 Å². The summed E-state index contributed by atoms with van der Waals surface area (Å²) >= 11 is 7.67. The summed E-state index contributed by atoms with van der Waals surface area (Å²) in [5.74, 6) is -1.06. The van der Waals surface area contributed by atoms with Gasteiger partial charge in [0, 0.05) is 20.3 Å². The van der Waals surface area contributed by atoms with Gasteiger partial charge in [-0.15, -0.1) is 11.3 Å². The first-order valence-corrected chi connectivity index (χ1v) is 10.1. The van der Waals surface area contributed by atoms with Crippen LogP contribution in [0.2, 0.25) is 5.02 Å². The Morgan fingerprint density at radius 3 is 2.31 bits per heavy atom. The Kier molecular flexibility index (Phi) is 5.47. The van der Waals surface area contributed by atoms with E-state index in [1.165, 1.54) is 19.2 Å². The van der Waals surface area contributed by atoms with Crippen LogP contribution in [0.3, 0.4) is 0 Å². The number of ether oxygens (including phenoxy) is 1. The van der Waals surface area contributed by atoms with Crippen molar-refractivity contribution in [3.05, 3.63) is 95.3 Å². The van der Waals surface area contributed by atoms with E-state index in [0.29, 0.717) is 10.6 Å². The van der Waals surface area contributed by atoms with Crippen molar-refractivity contribution < 1.29 is 13.9 Å². The number of benzene rings is 3. The second kappa shape index (κ2) is 8.19. The van der Waals surface area contributed by atoms with E-state index < -0.39 is 11.8 Å². The zero-order chi connectivity index (χ0) is 20.4. The number of halogens is 2. The Hall–Kier alpha value is -2.95. The number of carbonyl (C=O) groups excluding carboxylic acids is 1. The van der Waals surface area contributed by atoms with Crippen molar-refractivity contribution in [2.24, 2.45) is 0 Å². The van der Waals surface area contributed by atoms with E-state index in [9.17, 15) is 9.18 Å². The molecule has 1 aromatic heterocycles. The fraction of sp³-hybridized carbons (Fsp3) is 0.0417. The van der Waals surface area contributed by atoms with Crippen molar-refractivity contribution in [2.75, 3.05) is 7.11 Å². The molecule has 0 bridgehead atoms. The number of hydrogen-bond acceptors (Lipinski definition) is 3. The minimum absolute atomic E-state index is 0.195. The second-order valence-corrected chi connectivity index (χ2v) is 7.90. The molecule has 0 unspecified atom stereocenters. The Labute approximate surface area is 177 Å². The number of esters is 1. The summed E-state index contributed by atoms with van der Waals surface area (Å²) in [5.41, 5.74) is 3.70. The molecule has 0 atom stereocenters. The first kappa shape index (κ1) is 19.4. The lowest BCUT2D eigenvalue weighted by atomic mass is 9.97. The molecule has 5 heteroatoms. The Bertz CT molecular complexity index is 1170. The maximum atomic E-state index is 13.9. The molecule has 4 rings (SSSR count). The fourth-order valence-electron chi connectivity index (χ4n) is 3.18. The van der Waals surface area contributed by atoms with Gasteiger partial charge < -0.3 is 4.74 Å². The van der Waals surface area contributed by atoms with Crippen LogP contribution < -0.4 is 0 Å². The maximum Gasteiger partial charge on any atom is 0.338 e. The fourth-order valence-corrected chi connectivity index (χ4v) is 4.49. The van der Waals surface area contributed by atoms with Gasteiger partial charge in [0.05, 0.1) is 12.7 Å². The van der Waals surface area contributed by atoms with Crippen LogP contribution >= 0.6 is 22.9 Å². The van der Waals surface area contributed by atoms with Gasteiger partial charge in [-0.1, -0.05) is 60.1 Å². The summed E-state index contributed by atoms with van der Waals surface area (Å²) < 4.78 is 18.8. The second-order valence-electron chi connectivity index (χ2n) is 6.41. The Balaban J connectivity index is 1.96. The van der Waals surface area contributed by atoms with Crippen molar-refractivity contribution in [3.63, 3.8) is 0 Å². The van der Waals surface area contributed by atoms with Crippen LogP contribution in [-0.2, 0) is 4.74 Å². The van der Waals surface area contributed by atoms with Crippen molar-refractivity contribution >= 4 is 28.9 Å². The van der Waals surface area contributed by atoms with E-state index in [-0.39, 0.29) is 5.56 Å². The van der Waals surface area contributed by atoms with Gasteiger partial charge in [0.15, 0.2) is 0 Å². The molecule has 4 aromatic rings. The highest BCUT2D eigenvalue weighted by atomic mass is 35.5. The summed E-state index contributed by atoms with van der Waals surface area (Å²) in [5, 5.41) is 0.646. The third-order valence-electron chi connectivity index (χ3n) is 4.57. The van der Waals surface area contributed by atoms with E-state index in [1.807, 2.05) is 60.7 Å². The van der Waals surface area contributed by atoms with Crippen LogP contribution in [0, 0.1) is 5.82 Å². The highest BCUT2D eigenvalue weighted by Crippen LogP contribution is 2.44. The number of carbonyl (C=O) groups is 1. The lowest BCUT2D eigenvalue weighted by molar-refractivity contribution is 0.0601. The molecule has 2 nitrogen and oxygen atoms in total. The van der Waals surface area contributed by atoms with Crippen molar-refractivity contribution in [3.8, 4) is 32.0 Å². The molecule has 0 aliphatic carbocycles. The molecule has 0 fully saturated rings. The lowest BCUT2D eigenvalue weighted by Gasteiger charge is -2.10. The topological polar surface area (TPSA) is 26.3 Å². The van der Waals surface area contributed by atoms with Gasteiger partial charge in [0.1, 0.15) is 5.82 Å². The minimum atomic E-state index is -0.575. The molecule has 3 aromatic carbocycles. The Morgan fingerprint density at radius 2 is 1.62 bits per heavy atom. The number of rotatable bonds is 4. The van der Waals surface area contributed by atoms with E-state index >= 15 is 0 Å². The Morgan fingerprint density at radius 1 is 0.897 bits per heavy atom. The van der Waals surface area contributed by atoms with Gasteiger partial charge in [-0.3, -0.25) is 0 Å². The van der Waals surface area contributed by atoms with Crippen LogP contribution in [0.4, 0.5) is 4.39 Å². The zero-order valence-corrected chi connectivity index (χ0v) is 17.1. The summed E-state index contributed by atoms with van der Waals surface area (Å²) in [6, 6.07) is 23.8. The molecular formula is C24H16ClFO2S. The highest BCUT2D eigenvalue weighted by molar-refractivity contribution is 7.19. The predicted octanol–water partition coefficient (Wildman–Crippen LogP) is 7.33. The van der Waals surface area contributed by atoms with Gasteiger partial charge in [-0.2, -0.15) is 0 Å². The van der Waals surface area contributed by atoms with Crippen molar-refractivity contribution in [2.45, 2.75) is 0 Å². The average molecular weight is 423 g/mol. The molecule has 1 heterocycles. The van der Waals surface area contributed by atoms with Gasteiger partial charge in [0.25, 0.3) is 0 Å². The van der Waals surface area contributed by atoms with Crippen molar-refractivity contribution in [1.82, 2.24) is 0 Å². The molecule has 0 spiro atoms. The molecule has 0 radical (unpaired) electrons. The molecule has 144 valence electrons. The molecule has 0 saturated heterocycles. The lowest BCUT2D eigenvalue weighted by Crippen LogP contribution is -2.04. The predicted molar refractivity (Wildman–Crippen MR) is 117 cm³/mol. The third-order valence-corrected chi connectivity index (χ3v) is 6.06. The maximum absolute atomic E-state index is 13.9. The van der Waals surface area contributed by atoms with Crippen LogP contribution in [-0.4, -0.2) is 13.1 Å².